The SMILES string of the molecule is Cl.FC(F)(F)c1nccnc1CBr. The van der Waals surface area contributed by atoms with Crippen molar-refractivity contribution < 1.29 is 13.2 Å². The van der Waals surface area contributed by atoms with Crippen LogP contribution in [0.15, 0.2) is 12.4 Å². The van der Waals surface area contributed by atoms with Crippen LogP contribution >= 0.6 is 28.3 Å². The first-order chi connectivity index (χ1) is 5.55. The Morgan fingerprint density at radius 1 is 1.23 bits per heavy atom. The lowest BCUT2D eigenvalue weighted by Crippen LogP contribution is -2.12. The highest BCUT2D eigenvalue weighted by molar-refractivity contribution is 9.08. The van der Waals surface area contributed by atoms with E-state index in [0.29, 0.717) is 0 Å². The van der Waals surface area contributed by atoms with E-state index in [1.54, 1.807) is 0 Å². The molecule has 0 aliphatic carbocycles. The van der Waals surface area contributed by atoms with Gasteiger partial charge in [0, 0.05) is 17.7 Å². The summed E-state index contributed by atoms with van der Waals surface area (Å²) in [7, 11) is 0. The van der Waals surface area contributed by atoms with Gasteiger partial charge < -0.3 is 0 Å². The number of aromatic nitrogens is 2. The molecule has 0 radical (unpaired) electrons. The number of nitrogens with zero attached hydrogens (tertiary/aromatic N) is 2. The first kappa shape index (κ1) is 12.6. The van der Waals surface area contributed by atoms with Crippen LogP contribution in [0, 0.1) is 0 Å². The summed E-state index contributed by atoms with van der Waals surface area (Å²) in [4.78, 5) is 6.74. The van der Waals surface area contributed by atoms with Crippen LogP contribution in [0.5, 0.6) is 0 Å². The molecule has 1 aromatic heterocycles. The molecule has 0 bridgehead atoms. The van der Waals surface area contributed by atoms with Gasteiger partial charge in [0.15, 0.2) is 5.69 Å². The van der Waals surface area contributed by atoms with Crippen molar-refractivity contribution in [3.05, 3.63) is 23.8 Å². The average Bonchev–Trinajstić information content (AvgIpc) is 2.03. The lowest BCUT2D eigenvalue weighted by Gasteiger charge is -2.07. The first-order valence-corrected chi connectivity index (χ1v) is 4.11. The van der Waals surface area contributed by atoms with Gasteiger partial charge in [0.1, 0.15) is 0 Å². The maximum Gasteiger partial charge on any atom is 0.435 e. The Morgan fingerprint density at radius 3 is 2.15 bits per heavy atom. The fraction of sp³-hybridized carbons (Fsp3) is 0.333. The topological polar surface area (TPSA) is 25.8 Å². The van der Waals surface area contributed by atoms with Crippen molar-refractivity contribution in [3.8, 4) is 0 Å². The number of hydrogen-bond donors (Lipinski definition) is 0. The molecule has 0 spiro atoms. The van der Waals surface area contributed by atoms with E-state index in [1.807, 2.05) is 0 Å². The van der Waals surface area contributed by atoms with Crippen molar-refractivity contribution in [2.24, 2.45) is 0 Å². The first-order valence-electron chi connectivity index (χ1n) is 2.98. The summed E-state index contributed by atoms with van der Waals surface area (Å²) >= 11 is 2.90. The molecule has 0 amide bonds. The Kier molecular flexibility index (Phi) is 4.63. The predicted molar refractivity (Wildman–Crippen MR) is 46.9 cm³/mol. The van der Waals surface area contributed by atoms with Crippen LogP contribution in [0.25, 0.3) is 0 Å². The summed E-state index contributed by atoms with van der Waals surface area (Å²) in [5.74, 6) is 0. The molecule has 13 heavy (non-hydrogen) atoms. The molecule has 0 aromatic carbocycles. The monoisotopic (exact) mass is 276 g/mol. The largest absolute Gasteiger partial charge is 0.435 e. The average molecular weight is 277 g/mol. The van der Waals surface area contributed by atoms with Gasteiger partial charge in [0.25, 0.3) is 0 Å². The predicted octanol–water partition coefficient (Wildman–Crippen LogP) is 2.81. The van der Waals surface area contributed by atoms with Crippen LogP contribution in [-0.2, 0) is 11.5 Å². The van der Waals surface area contributed by atoms with Gasteiger partial charge in [-0.2, -0.15) is 13.2 Å². The molecule has 0 unspecified atom stereocenters. The zero-order chi connectivity index (χ0) is 9.19. The molecule has 0 atom stereocenters. The normalized spacial score (nSPS) is 10.8. The van der Waals surface area contributed by atoms with Gasteiger partial charge in [-0.3, -0.25) is 4.98 Å². The highest BCUT2D eigenvalue weighted by Gasteiger charge is 2.35. The van der Waals surface area contributed by atoms with Gasteiger partial charge in [-0.25, -0.2) is 4.98 Å². The van der Waals surface area contributed by atoms with Crippen molar-refractivity contribution in [2.45, 2.75) is 11.5 Å². The summed E-state index contributed by atoms with van der Waals surface area (Å²) in [6, 6.07) is 0. The summed E-state index contributed by atoms with van der Waals surface area (Å²) in [5, 5.41) is 0.0513. The van der Waals surface area contributed by atoms with E-state index in [1.165, 1.54) is 6.20 Å². The molecule has 0 fully saturated rings. The summed E-state index contributed by atoms with van der Waals surface area (Å²) in [5.41, 5.74) is -1.02. The smallest absolute Gasteiger partial charge is 0.257 e. The van der Waals surface area contributed by atoms with Gasteiger partial charge in [-0.1, -0.05) is 15.9 Å². The standard InChI is InChI=1S/C6H4BrF3N2.ClH/c7-3-4-5(6(8,9)10)12-2-1-11-4;/h1-2H,3H2;1H. The van der Waals surface area contributed by atoms with Crippen LogP contribution < -0.4 is 0 Å². The van der Waals surface area contributed by atoms with Crippen molar-refractivity contribution in [2.75, 3.05) is 0 Å². The molecular formula is C6H5BrClF3N2. The second-order valence-corrected chi connectivity index (χ2v) is 2.54. The van der Waals surface area contributed by atoms with Gasteiger partial charge in [0.2, 0.25) is 0 Å². The van der Waals surface area contributed by atoms with Crippen LogP contribution in [0.1, 0.15) is 11.4 Å². The van der Waals surface area contributed by atoms with Gasteiger partial charge in [-0.15, -0.1) is 12.4 Å². The van der Waals surface area contributed by atoms with Crippen LogP contribution in [0.3, 0.4) is 0 Å². The molecule has 1 heterocycles. The third-order valence-corrected chi connectivity index (χ3v) is 1.70. The lowest BCUT2D eigenvalue weighted by molar-refractivity contribution is -0.142. The van der Waals surface area contributed by atoms with E-state index in [4.69, 9.17) is 0 Å². The molecule has 0 N–H and O–H groups in total. The molecular weight excluding hydrogens is 272 g/mol. The molecule has 0 saturated heterocycles. The van der Waals surface area contributed by atoms with Crippen molar-refractivity contribution in [1.29, 1.82) is 0 Å². The maximum atomic E-state index is 12.1. The minimum atomic E-state index is -4.42. The molecule has 7 heteroatoms. The van der Waals surface area contributed by atoms with Crippen LogP contribution in [0.2, 0.25) is 0 Å². The summed E-state index contributed by atoms with van der Waals surface area (Å²) < 4.78 is 36.3. The summed E-state index contributed by atoms with van der Waals surface area (Å²) in [6.45, 7) is 0. The maximum absolute atomic E-state index is 12.1. The second-order valence-electron chi connectivity index (χ2n) is 1.98. The Balaban J connectivity index is 0.00000144. The van der Waals surface area contributed by atoms with Gasteiger partial charge in [0.05, 0.1) is 5.69 Å². The van der Waals surface area contributed by atoms with Crippen molar-refractivity contribution in [1.82, 2.24) is 9.97 Å². The van der Waals surface area contributed by atoms with Gasteiger partial charge in [-0.05, 0) is 0 Å². The molecule has 74 valence electrons. The zero-order valence-electron chi connectivity index (χ0n) is 6.18. The Hall–Kier alpha value is -0.360. The molecule has 0 aliphatic heterocycles. The molecule has 1 rings (SSSR count). The van der Waals surface area contributed by atoms with E-state index in [2.05, 4.69) is 25.9 Å². The third-order valence-electron chi connectivity index (χ3n) is 1.17. The fourth-order valence-electron chi connectivity index (χ4n) is 0.701. The number of halogens is 5. The highest BCUT2D eigenvalue weighted by atomic mass is 79.9. The van der Waals surface area contributed by atoms with Crippen molar-refractivity contribution in [3.63, 3.8) is 0 Å². The van der Waals surface area contributed by atoms with Crippen LogP contribution in [0.4, 0.5) is 13.2 Å². The minimum Gasteiger partial charge on any atom is -0.257 e. The number of rotatable bonds is 1. The lowest BCUT2D eigenvalue weighted by atomic mass is 10.3. The quantitative estimate of drug-likeness (QED) is 0.738. The molecule has 0 saturated carbocycles. The van der Waals surface area contributed by atoms with E-state index in [-0.39, 0.29) is 23.4 Å². The van der Waals surface area contributed by atoms with E-state index >= 15 is 0 Å². The fourth-order valence-corrected chi connectivity index (χ4v) is 1.11. The minimum absolute atomic E-state index is 0. The second kappa shape index (κ2) is 4.76. The third kappa shape index (κ3) is 3.11. The Labute approximate surface area is 87.1 Å². The van der Waals surface area contributed by atoms with E-state index in [0.717, 1.165) is 6.20 Å². The number of hydrogen-bond acceptors (Lipinski definition) is 2. The van der Waals surface area contributed by atoms with E-state index < -0.39 is 11.9 Å². The highest BCUT2D eigenvalue weighted by Crippen LogP contribution is 2.29. The summed E-state index contributed by atoms with van der Waals surface area (Å²) in [6.07, 6.45) is -2.17. The Morgan fingerprint density at radius 2 is 1.77 bits per heavy atom. The van der Waals surface area contributed by atoms with Gasteiger partial charge >= 0.3 is 6.18 Å². The number of alkyl halides is 4. The van der Waals surface area contributed by atoms with E-state index in [9.17, 15) is 13.2 Å². The Bertz CT molecular complexity index is 279. The van der Waals surface area contributed by atoms with Crippen molar-refractivity contribution >= 4 is 28.3 Å². The van der Waals surface area contributed by atoms with Crippen LogP contribution in [-0.4, -0.2) is 9.97 Å². The molecule has 1 aromatic rings. The zero-order valence-corrected chi connectivity index (χ0v) is 8.58. The molecule has 2 nitrogen and oxygen atoms in total. The molecule has 0 aliphatic rings.